The van der Waals surface area contributed by atoms with E-state index in [1.165, 1.54) is 30.3 Å². The minimum atomic E-state index is -4.58. The summed E-state index contributed by atoms with van der Waals surface area (Å²) in [5.74, 6) is -4.13. The van der Waals surface area contributed by atoms with Gasteiger partial charge < -0.3 is 30.2 Å². The van der Waals surface area contributed by atoms with Crippen molar-refractivity contribution in [2.75, 3.05) is 0 Å². The van der Waals surface area contributed by atoms with Gasteiger partial charge in [-0.25, -0.2) is 4.57 Å². The average molecular weight is 386 g/mol. The molecule has 9 heteroatoms. The second-order valence-electron chi connectivity index (χ2n) is 5.51. The molecule has 2 aromatic carbocycles. The molecule has 136 valence electrons. The van der Waals surface area contributed by atoms with Crippen molar-refractivity contribution >= 4 is 18.2 Å². The summed E-state index contributed by atoms with van der Waals surface area (Å²) in [6.07, 6.45) is 0.227. The first-order valence-corrected chi connectivity index (χ1v) is 10.4. The van der Waals surface area contributed by atoms with E-state index in [1.54, 1.807) is 19.1 Å². The molecule has 0 saturated heterocycles. The van der Waals surface area contributed by atoms with E-state index >= 15 is 0 Å². The highest BCUT2D eigenvalue weighted by molar-refractivity contribution is 8.54. The molecule has 2 rings (SSSR count). The van der Waals surface area contributed by atoms with Crippen LogP contribution in [0.4, 0.5) is 0 Å². The van der Waals surface area contributed by atoms with Crippen molar-refractivity contribution in [3.63, 3.8) is 0 Å². The van der Waals surface area contributed by atoms with Gasteiger partial charge in [-0.3, -0.25) is 0 Å². The third-order valence-corrected chi connectivity index (χ3v) is 5.83. The summed E-state index contributed by atoms with van der Waals surface area (Å²) in [6.45, 7) is -2.89. The van der Waals surface area contributed by atoms with E-state index in [-0.39, 0.29) is 28.4 Å². The van der Waals surface area contributed by atoms with Crippen LogP contribution < -0.4 is 0 Å². The van der Waals surface area contributed by atoms with Gasteiger partial charge in [0.25, 0.3) is 0 Å². The highest BCUT2D eigenvalue weighted by atomic mass is 32.7. The molecule has 7 nitrogen and oxygen atoms in total. The van der Waals surface area contributed by atoms with Gasteiger partial charge in [0.1, 0.15) is 11.5 Å². The Hall–Kier alpha value is -1.54. The van der Waals surface area contributed by atoms with Gasteiger partial charge in [0.2, 0.25) is 5.79 Å². The fourth-order valence-electron chi connectivity index (χ4n) is 2.76. The van der Waals surface area contributed by atoms with Crippen molar-refractivity contribution in [1.29, 1.82) is 0 Å². The van der Waals surface area contributed by atoms with E-state index in [2.05, 4.69) is 0 Å². The molecule has 0 heterocycles. The maximum atomic E-state index is 11.3. The molecule has 0 saturated carbocycles. The van der Waals surface area contributed by atoms with Crippen LogP contribution in [0.25, 0.3) is 0 Å². The van der Waals surface area contributed by atoms with Crippen molar-refractivity contribution in [2.24, 2.45) is 0 Å². The zero-order valence-corrected chi connectivity index (χ0v) is 15.0. The van der Waals surface area contributed by atoms with Crippen LogP contribution in [0.3, 0.4) is 0 Å². The van der Waals surface area contributed by atoms with Crippen molar-refractivity contribution in [3.05, 3.63) is 53.6 Å². The fourth-order valence-corrected chi connectivity index (χ4v) is 4.73. The summed E-state index contributed by atoms with van der Waals surface area (Å²) < 4.78 is 11.3. The monoisotopic (exact) mass is 386 g/mol. The lowest BCUT2D eigenvalue weighted by Crippen LogP contribution is -2.33. The first-order valence-electron chi connectivity index (χ1n) is 7.37. The van der Waals surface area contributed by atoms with E-state index in [9.17, 15) is 34.8 Å². The summed E-state index contributed by atoms with van der Waals surface area (Å²) >= 11 is 0.132. The van der Waals surface area contributed by atoms with Crippen molar-refractivity contribution in [3.8, 4) is 11.5 Å². The maximum Gasteiger partial charge on any atom is 0.388 e. The molecule has 0 aliphatic heterocycles. The molecule has 2 aromatic rings. The molecule has 0 bridgehead atoms. The Bertz CT molecular complexity index is 803. The second-order valence-corrected chi connectivity index (χ2v) is 9.09. The van der Waals surface area contributed by atoms with Crippen LogP contribution >= 0.6 is 18.2 Å². The average Bonchev–Trinajstić information content (AvgIpc) is 2.45. The summed E-state index contributed by atoms with van der Waals surface area (Å²) in [7, 11) is 0. The van der Waals surface area contributed by atoms with Crippen molar-refractivity contribution in [1.82, 2.24) is 0 Å². The number of hydrogen-bond acceptors (Lipinski definition) is 6. The molecule has 0 aliphatic rings. The quantitative estimate of drug-likeness (QED) is 0.329. The number of aliphatic hydroxyl groups is 2. The van der Waals surface area contributed by atoms with Gasteiger partial charge in [-0.2, -0.15) is 0 Å². The van der Waals surface area contributed by atoms with Gasteiger partial charge in [-0.15, -0.1) is 0 Å². The lowest BCUT2D eigenvalue weighted by Gasteiger charge is -2.33. The number of hydrogen-bond donors (Lipinski definition) is 6. The number of benzene rings is 2. The third kappa shape index (κ3) is 4.55. The molecule has 0 amide bonds. The first kappa shape index (κ1) is 19.8. The molecule has 0 spiro atoms. The van der Waals surface area contributed by atoms with E-state index in [0.717, 1.165) is 0 Å². The van der Waals surface area contributed by atoms with Crippen molar-refractivity contribution < 1.29 is 34.8 Å². The Morgan fingerprint density at radius 3 is 2.32 bits per heavy atom. The van der Waals surface area contributed by atoms with Crippen LogP contribution in [0.2, 0.25) is 0 Å². The third-order valence-electron chi connectivity index (χ3n) is 3.76. The molecule has 0 aliphatic carbocycles. The van der Waals surface area contributed by atoms with Gasteiger partial charge in [0.05, 0.1) is 5.56 Å². The highest BCUT2D eigenvalue weighted by Gasteiger charge is 2.41. The van der Waals surface area contributed by atoms with Crippen LogP contribution in [-0.4, -0.2) is 30.2 Å². The van der Waals surface area contributed by atoms with Crippen LogP contribution in [0.1, 0.15) is 30.4 Å². The number of rotatable bonds is 6. The molecular weight excluding hydrogens is 367 g/mol. The van der Waals surface area contributed by atoms with Gasteiger partial charge in [0, 0.05) is 10.8 Å². The number of aromatic hydroxyl groups is 2. The predicted octanol–water partition coefficient (Wildman–Crippen LogP) is 2.61. The van der Waals surface area contributed by atoms with Crippen molar-refractivity contribution in [2.45, 2.75) is 29.9 Å². The Kier molecular flexibility index (Phi) is 5.83. The lowest BCUT2D eigenvalue weighted by atomic mass is 9.83. The smallest absolute Gasteiger partial charge is 0.388 e. The number of phenols is 2. The summed E-state index contributed by atoms with van der Waals surface area (Å²) in [6, 6.07) is 9.77. The van der Waals surface area contributed by atoms with Crippen LogP contribution in [0, 0.1) is 0 Å². The zero-order valence-electron chi connectivity index (χ0n) is 13.3. The molecule has 1 unspecified atom stereocenters. The van der Waals surface area contributed by atoms with Gasteiger partial charge in [-0.05, 0) is 47.6 Å². The van der Waals surface area contributed by atoms with Gasteiger partial charge in [0.15, 0.2) is 0 Å². The lowest BCUT2D eigenvalue weighted by molar-refractivity contribution is -0.191. The summed E-state index contributed by atoms with van der Waals surface area (Å²) in [4.78, 5) is 18.3. The maximum absolute atomic E-state index is 11.3. The van der Waals surface area contributed by atoms with E-state index < -0.39 is 29.8 Å². The zero-order chi connectivity index (χ0) is 18.8. The highest BCUT2D eigenvalue weighted by Crippen LogP contribution is 2.58. The summed E-state index contributed by atoms with van der Waals surface area (Å²) in [5, 5.41) is 41.4. The Morgan fingerprint density at radius 2 is 1.76 bits per heavy atom. The van der Waals surface area contributed by atoms with E-state index in [4.69, 9.17) is 0 Å². The normalized spacial score (nSPS) is 13.6. The SMILES string of the molecule is CCC(c1cccc(O)c1)C(O)(O)c1c(O)cccc1SP(=O)(O)O. The second kappa shape index (κ2) is 7.37. The van der Waals surface area contributed by atoms with Crippen LogP contribution in [0.5, 0.6) is 11.5 Å². The molecule has 0 aromatic heterocycles. The minimum Gasteiger partial charge on any atom is -0.508 e. The molecule has 25 heavy (non-hydrogen) atoms. The van der Waals surface area contributed by atoms with E-state index in [1.807, 2.05) is 0 Å². The minimum absolute atomic E-state index is 0.0613. The number of phenolic OH excluding ortho intramolecular Hbond substituents is 2. The largest absolute Gasteiger partial charge is 0.508 e. The van der Waals surface area contributed by atoms with Crippen LogP contribution in [-0.2, 0) is 10.4 Å². The van der Waals surface area contributed by atoms with Crippen LogP contribution in [0.15, 0.2) is 47.4 Å². The first-order chi connectivity index (χ1) is 11.6. The molecule has 1 atom stereocenters. The summed E-state index contributed by atoms with van der Waals surface area (Å²) in [5.41, 5.74) is 0.0152. The Balaban J connectivity index is 2.59. The Labute approximate surface area is 148 Å². The topological polar surface area (TPSA) is 138 Å². The predicted molar refractivity (Wildman–Crippen MR) is 93.3 cm³/mol. The molecule has 0 fully saturated rings. The van der Waals surface area contributed by atoms with E-state index in [0.29, 0.717) is 5.56 Å². The van der Waals surface area contributed by atoms with Gasteiger partial charge in [-0.1, -0.05) is 25.1 Å². The fraction of sp³-hybridized carbons (Fsp3) is 0.250. The standard InChI is InChI=1S/C16H19O7PS/c1-2-12(10-5-3-6-11(17)9-10)16(19,20)15-13(18)7-4-8-14(15)25-24(21,22)23/h3-9,12,17-20H,2H2,1H3,(H2,21,22,23). The molecule has 6 N–H and O–H groups in total. The Morgan fingerprint density at radius 1 is 1.12 bits per heavy atom. The molecule has 0 radical (unpaired) electrons. The van der Waals surface area contributed by atoms with Gasteiger partial charge >= 0.3 is 6.80 Å². The molecular formula is C16H19O7PS.